The molecule has 0 bridgehead atoms. The van der Waals surface area contributed by atoms with Crippen LogP contribution >= 0.6 is 11.3 Å². The van der Waals surface area contributed by atoms with Crippen molar-refractivity contribution in [2.24, 2.45) is 17.3 Å². The highest BCUT2D eigenvalue weighted by molar-refractivity contribution is 7.15. The Morgan fingerprint density at radius 2 is 1.74 bits per heavy atom. The van der Waals surface area contributed by atoms with Crippen LogP contribution in [0.3, 0.4) is 0 Å². The van der Waals surface area contributed by atoms with Crippen LogP contribution in [-0.4, -0.2) is 71.8 Å². The third-order valence-electron chi connectivity index (χ3n) is 6.55. The second-order valence-corrected chi connectivity index (χ2v) is 11.8. The number of anilines is 1. The molecule has 0 spiro atoms. The maximum atomic E-state index is 13.6. The van der Waals surface area contributed by atoms with Gasteiger partial charge in [-0.15, -0.1) is 11.3 Å². The normalized spacial score (nSPS) is 22.4. The lowest BCUT2D eigenvalue weighted by Gasteiger charge is -2.36. The number of nitrogens with zero attached hydrogens (tertiary/aromatic N) is 2. The summed E-state index contributed by atoms with van der Waals surface area (Å²) in [6, 6.07) is 0.575. The number of thiophene rings is 1. The summed E-state index contributed by atoms with van der Waals surface area (Å²) in [4.78, 5) is 43.7. The monoisotopic (exact) mass is 487 g/mol. The van der Waals surface area contributed by atoms with E-state index in [0.29, 0.717) is 29.6 Å². The Kier molecular flexibility index (Phi) is 8.43. The predicted molar refractivity (Wildman–Crippen MR) is 135 cm³/mol. The van der Waals surface area contributed by atoms with Crippen LogP contribution in [0.1, 0.15) is 67.9 Å². The molecule has 1 aromatic heterocycles. The summed E-state index contributed by atoms with van der Waals surface area (Å²) in [5.74, 6) is 5.09. The summed E-state index contributed by atoms with van der Waals surface area (Å²) in [5, 5.41) is 12.9. The Bertz CT molecular complexity index is 934. The van der Waals surface area contributed by atoms with Gasteiger partial charge < -0.3 is 20.2 Å². The predicted octanol–water partition coefficient (Wildman–Crippen LogP) is 3.79. The number of rotatable bonds is 6. The first-order valence-corrected chi connectivity index (χ1v) is 12.9. The van der Waals surface area contributed by atoms with Crippen molar-refractivity contribution < 1.29 is 19.5 Å². The van der Waals surface area contributed by atoms with Crippen LogP contribution in [0.5, 0.6) is 0 Å². The number of nitrogens with one attached hydrogen (secondary N) is 1. The van der Waals surface area contributed by atoms with Crippen LogP contribution in [0.2, 0.25) is 0 Å². The Balaban J connectivity index is 1.90. The van der Waals surface area contributed by atoms with Crippen molar-refractivity contribution in [2.75, 3.05) is 38.5 Å². The van der Waals surface area contributed by atoms with E-state index in [9.17, 15) is 19.5 Å². The van der Waals surface area contributed by atoms with Crippen molar-refractivity contribution in [2.45, 2.75) is 59.4 Å². The summed E-state index contributed by atoms with van der Waals surface area (Å²) < 4.78 is 0. The van der Waals surface area contributed by atoms with Gasteiger partial charge in [-0.1, -0.05) is 31.6 Å². The highest BCUT2D eigenvalue weighted by atomic mass is 32.1. The van der Waals surface area contributed by atoms with E-state index in [1.807, 2.05) is 27.8 Å². The number of Topliss-reactive ketones (excluding diaryl/α,β-unsaturated/α-hetero) is 1. The number of carbonyl (C=O) groups excluding carboxylic acids is 2. The van der Waals surface area contributed by atoms with Crippen LogP contribution in [0.25, 0.3) is 0 Å². The molecule has 8 heteroatoms. The van der Waals surface area contributed by atoms with Crippen molar-refractivity contribution in [3.05, 3.63) is 15.8 Å². The summed E-state index contributed by atoms with van der Waals surface area (Å²) in [5.41, 5.74) is 0.0651. The van der Waals surface area contributed by atoms with Gasteiger partial charge in [-0.05, 0) is 52.6 Å². The topological polar surface area (TPSA) is 89.9 Å². The van der Waals surface area contributed by atoms with Crippen LogP contribution in [0.4, 0.5) is 5.69 Å². The highest BCUT2D eigenvalue weighted by Gasteiger charge is 2.38. The van der Waals surface area contributed by atoms with Gasteiger partial charge >= 0.3 is 5.97 Å². The number of carboxylic acid groups (broad SMARTS) is 1. The summed E-state index contributed by atoms with van der Waals surface area (Å²) >= 11 is 1.07. The molecule has 1 amide bonds. The van der Waals surface area contributed by atoms with Gasteiger partial charge in [0, 0.05) is 37.5 Å². The molecule has 1 atom stereocenters. The van der Waals surface area contributed by atoms with Gasteiger partial charge in [0.15, 0.2) is 11.8 Å². The molecule has 0 aromatic carbocycles. The Morgan fingerprint density at radius 3 is 2.29 bits per heavy atom. The van der Waals surface area contributed by atoms with E-state index in [0.717, 1.165) is 50.1 Å². The summed E-state index contributed by atoms with van der Waals surface area (Å²) in [7, 11) is 2.01. The molecule has 34 heavy (non-hydrogen) atoms. The minimum Gasteiger partial charge on any atom is -0.477 e. The average molecular weight is 488 g/mol. The zero-order valence-corrected chi connectivity index (χ0v) is 21.8. The molecule has 0 radical (unpaired) electrons. The van der Waals surface area contributed by atoms with E-state index in [1.54, 1.807) is 11.0 Å². The number of hydrogen-bond donors (Lipinski definition) is 2. The molecule has 2 aliphatic rings. The SMILES string of the molecule is CN1CCN(C(=O)C(Nc2cc(C#CC(C)(C)C)sc2C(=O)O)C(=O)[C@H]2CC[C@H](C)CC2)CC1. The summed E-state index contributed by atoms with van der Waals surface area (Å²) in [6.07, 6.45) is 3.48. The first-order chi connectivity index (χ1) is 15.9. The number of ketones is 1. The van der Waals surface area contributed by atoms with Gasteiger partial charge in [0.05, 0.1) is 10.6 Å². The van der Waals surface area contributed by atoms with Gasteiger partial charge in [0.25, 0.3) is 5.91 Å². The molecule has 1 unspecified atom stereocenters. The molecule has 1 aliphatic heterocycles. The summed E-state index contributed by atoms with van der Waals surface area (Å²) in [6.45, 7) is 10.8. The third-order valence-corrected chi connectivity index (χ3v) is 7.59. The number of carboxylic acids is 1. The van der Waals surface area contributed by atoms with Crippen molar-refractivity contribution in [3.8, 4) is 11.8 Å². The molecule has 1 aliphatic carbocycles. The Labute approximate surface area is 206 Å². The standard InChI is InChI=1S/C26H37N3O4S/c1-17-6-8-18(9-7-17)22(30)21(24(31)29-14-12-28(5)13-15-29)27-20-16-19(10-11-26(2,3)4)34-23(20)25(32)33/h16-18,21,27H,6-9,12-15H2,1-5H3,(H,32,33)/t17-,18-,21?. The second kappa shape index (κ2) is 10.9. The molecule has 186 valence electrons. The van der Waals surface area contributed by atoms with E-state index in [1.165, 1.54) is 0 Å². The van der Waals surface area contributed by atoms with Crippen LogP contribution < -0.4 is 5.32 Å². The van der Waals surface area contributed by atoms with Crippen molar-refractivity contribution in [1.29, 1.82) is 0 Å². The lowest BCUT2D eigenvalue weighted by atomic mass is 9.79. The van der Waals surface area contributed by atoms with Crippen LogP contribution in [-0.2, 0) is 9.59 Å². The number of amides is 1. The van der Waals surface area contributed by atoms with E-state index < -0.39 is 12.0 Å². The number of hydrogen-bond acceptors (Lipinski definition) is 6. The molecule has 3 rings (SSSR count). The van der Waals surface area contributed by atoms with E-state index >= 15 is 0 Å². The average Bonchev–Trinajstić information content (AvgIpc) is 3.19. The minimum atomic E-state index is -1.10. The highest BCUT2D eigenvalue weighted by Crippen LogP contribution is 2.32. The quantitative estimate of drug-likeness (QED) is 0.469. The number of likely N-dealkylation sites (N-methyl/N-ethyl adjacent to an activating group) is 1. The largest absolute Gasteiger partial charge is 0.477 e. The molecule has 2 N–H and O–H groups in total. The van der Waals surface area contributed by atoms with E-state index in [2.05, 4.69) is 29.0 Å². The van der Waals surface area contributed by atoms with Gasteiger partial charge in [-0.2, -0.15) is 0 Å². The molecule has 1 saturated carbocycles. The first kappa shape index (κ1) is 26.2. The van der Waals surface area contributed by atoms with E-state index in [4.69, 9.17) is 0 Å². The Hall–Kier alpha value is -2.37. The molecule has 1 aromatic rings. The van der Waals surface area contributed by atoms with Crippen LogP contribution in [0.15, 0.2) is 6.07 Å². The molecule has 2 heterocycles. The zero-order valence-electron chi connectivity index (χ0n) is 20.9. The first-order valence-electron chi connectivity index (χ1n) is 12.1. The van der Waals surface area contributed by atoms with Gasteiger partial charge in [0.2, 0.25) is 0 Å². The fourth-order valence-corrected chi connectivity index (χ4v) is 5.18. The minimum absolute atomic E-state index is 0.0689. The Morgan fingerprint density at radius 1 is 1.12 bits per heavy atom. The van der Waals surface area contributed by atoms with Crippen LogP contribution in [0, 0.1) is 29.1 Å². The molecular formula is C26H37N3O4S. The fraction of sp³-hybridized carbons (Fsp3) is 0.654. The second-order valence-electron chi connectivity index (χ2n) is 10.7. The smallest absolute Gasteiger partial charge is 0.348 e. The van der Waals surface area contributed by atoms with Crippen molar-refractivity contribution >= 4 is 34.7 Å². The van der Waals surface area contributed by atoms with Gasteiger partial charge in [-0.25, -0.2) is 4.79 Å². The maximum absolute atomic E-state index is 13.6. The number of piperazine rings is 1. The molecule has 1 saturated heterocycles. The van der Waals surface area contributed by atoms with Crippen molar-refractivity contribution in [1.82, 2.24) is 9.80 Å². The molecule has 2 fully saturated rings. The molecule has 7 nitrogen and oxygen atoms in total. The zero-order chi connectivity index (χ0) is 25.0. The lowest BCUT2D eigenvalue weighted by molar-refractivity contribution is -0.139. The number of aromatic carboxylic acids is 1. The van der Waals surface area contributed by atoms with E-state index in [-0.39, 0.29) is 27.9 Å². The third kappa shape index (κ3) is 6.83. The molecular weight excluding hydrogens is 450 g/mol. The number of carbonyl (C=O) groups is 3. The lowest BCUT2D eigenvalue weighted by Crippen LogP contribution is -2.55. The van der Waals surface area contributed by atoms with Gasteiger partial charge in [-0.3, -0.25) is 9.59 Å². The van der Waals surface area contributed by atoms with Gasteiger partial charge in [0.1, 0.15) is 4.88 Å². The maximum Gasteiger partial charge on any atom is 0.348 e. The fourth-order valence-electron chi connectivity index (χ4n) is 4.37. The van der Waals surface area contributed by atoms with Crippen molar-refractivity contribution in [3.63, 3.8) is 0 Å².